The van der Waals surface area contributed by atoms with E-state index < -0.39 is 0 Å². The van der Waals surface area contributed by atoms with E-state index in [2.05, 4.69) is 27.4 Å². The number of imidazole rings is 1. The van der Waals surface area contributed by atoms with Crippen LogP contribution in [0.1, 0.15) is 11.1 Å². The van der Waals surface area contributed by atoms with Crippen molar-refractivity contribution in [3.05, 3.63) is 64.1 Å². The van der Waals surface area contributed by atoms with E-state index in [-0.39, 0.29) is 5.69 Å². The first-order valence-electron chi connectivity index (χ1n) is 6.23. The maximum atomic E-state index is 11.3. The Morgan fingerprint density at radius 2 is 1.74 bits per heavy atom. The SMILES string of the molecule is Cc1cc2[nH]c(=O)[nH]c2cc1NCc1ccccc1. The monoisotopic (exact) mass is 253 g/mol. The summed E-state index contributed by atoms with van der Waals surface area (Å²) >= 11 is 0. The molecule has 2 aromatic carbocycles. The Morgan fingerprint density at radius 3 is 2.47 bits per heavy atom. The van der Waals surface area contributed by atoms with Crippen LogP contribution < -0.4 is 11.0 Å². The van der Waals surface area contributed by atoms with Gasteiger partial charge in [-0.3, -0.25) is 0 Å². The molecule has 0 unspecified atom stereocenters. The lowest BCUT2D eigenvalue weighted by Gasteiger charge is -2.09. The third-order valence-corrected chi connectivity index (χ3v) is 3.19. The summed E-state index contributed by atoms with van der Waals surface area (Å²) in [5, 5.41) is 3.39. The standard InChI is InChI=1S/C15H15N3O/c1-10-7-13-14(18-15(19)17-13)8-12(10)16-9-11-5-3-2-4-6-11/h2-8,16H,9H2,1H3,(H2,17,18,19). The van der Waals surface area contributed by atoms with Gasteiger partial charge in [-0.25, -0.2) is 4.79 Å². The van der Waals surface area contributed by atoms with Crippen LogP contribution in [0, 0.1) is 6.92 Å². The summed E-state index contributed by atoms with van der Waals surface area (Å²) in [7, 11) is 0. The fourth-order valence-electron chi connectivity index (χ4n) is 2.17. The van der Waals surface area contributed by atoms with Crippen molar-refractivity contribution in [3.8, 4) is 0 Å². The quantitative estimate of drug-likeness (QED) is 0.672. The summed E-state index contributed by atoms with van der Waals surface area (Å²) in [6.45, 7) is 2.79. The van der Waals surface area contributed by atoms with Crippen LogP contribution in [-0.2, 0) is 6.54 Å². The molecule has 3 aromatic rings. The molecule has 0 atom stereocenters. The van der Waals surface area contributed by atoms with Crippen LogP contribution in [0.4, 0.5) is 5.69 Å². The van der Waals surface area contributed by atoms with E-state index in [1.165, 1.54) is 5.56 Å². The molecule has 0 saturated heterocycles. The largest absolute Gasteiger partial charge is 0.381 e. The van der Waals surface area contributed by atoms with Crippen LogP contribution >= 0.6 is 0 Å². The van der Waals surface area contributed by atoms with Gasteiger partial charge in [0.05, 0.1) is 11.0 Å². The first kappa shape index (κ1) is 11.6. The Balaban J connectivity index is 1.88. The number of anilines is 1. The highest BCUT2D eigenvalue weighted by atomic mass is 16.1. The number of benzene rings is 2. The molecule has 4 heteroatoms. The molecule has 0 radical (unpaired) electrons. The van der Waals surface area contributed by atoms with Crippen molar-refractivity contribution in [2.45, 2.75) is 13.5 Å². The first-order chi connectivity index (χ1) is 9.22. The molecule has 1 heterocycles. The molecule has 3 rings (SSSR count). The summed E-state index contributed by atoms with van der Waals surface area (Å²) in [5.41, 5.74) is 4.86. The van der Waals surface area contributed by atoms with E-state index in [1.807, 2.05) is 37.3 Å². The van der Waals surface area contributed by atoms with E-state index >= 15 is 0 Å². The molecule has 0 aliphatic carbocycles. The fraction of sp³-hybridized carbons (Fsp3) is 0.133. The summed E-state index contributed by atoms with van der Waals surface area (Å²) < 4.78 is 0. The minimum absolute atomic E-state index is 0.172. The zero-order chi connectivity index (χ0) is 13.2. The van der Waals surface area contributed by atoms with Crippen molar-refractivity contribution >= 4 is 16.7 Å². The van der Waals surface area contributed by atoms with Crippen LogP contribution in [-0.4, -0.2) is 9.97 Å². The van der Waals surface area contributed by atoms with Gasteiger partial charge < -0.3 is 15.3 Å². The van der Waals surface area contributed by atoms with Crippen molar-refractivity contribution in [1.29, 1.82) is 0 Å². The number of hydrogen-bond donors (Lipinski definition) is 3. The van der Waals surface area contributed by atoms with Crippen molar-refractivity contribution in [1.82, 2.24) is 9.97 Å². The number of aryl methyl sites for hydroxylation is 1. The molecule has 3 N–H and O–H groups in total. The zero-order valence-electron chi connectivity index (χ0n) is 10.7. The summed E-state index contributed by atoms with van der Waals surface area (Å²) in [6, 6.07) is 14.2. The lowest BCUT2D eigenvalue weighted by Crippen LogP contribution is -2.00. The number of hydrogen-bond acceptors (Lipinski definition) is 2. The van der Waals surface area contributed by atoms with Crippen molar-refractivity contribution < 1.29 is 0 Å². The van der Waals surface area contributed by atoms with Gasteiger partial charge >= 0.3 is 5.69 Å². The average Bonchev–Trinajstić information content (AvgIpc) is 2.76. The minimum atomic E-state index is -0.172. The van der Waals surface area contributed by atoms with Crippen LogP contribution in [0.3, 0.4) is 0 Å². The van der Waals surface area contributed by atoms with Gasteiger partial charge in [0.15, 0.2) is 0 Å². The Hall–Kier alpha value is -2.49. The number of aromatic amines is 2. The van der Waals surface area contributed by atoms with Gasteiger partial charge in [-0.2, -0.15) is 0 Å². The normalized spacial score (nSPS) is 10.8. The second-order valence-corrected chi connectivity index (χ2v) is 4.63. The summed E-state index contributed by atoms with van der Waals surface area (Å²) in [4.78, 5) is 16.8. The smallest absolute Gasteiger partial charge is 0.323 e. The highest BCUT2D eigenvalue weighted by Crippen LogP contribution is 2.20. The van der Waals surface area contributed by atoms with E-state index in [9.17, 15) is 4.79 Å². The van der Waals surface area contributed by atoms with Crippen LogP contribution in [0.5, 0.6) is 0 Å². The Kier molecular flexibility index (Phi) is 2.83. The van der Waals surface area contributed by atoms with E-state index in [0.29, 0.717) is 0 Å². The molecule has 0 saturated carbocycles. The molecule has 96 valence electrons. The molecule has 0 aliphatic rings. The predicted octanol–water partition coefficient (Wildman–Crippen LogP) is 2.78. The van der Waals surface area contributed by atoms with Crippen molar-refractivity contribution in [2.24, 2.45) is 0 Å². The van der Waals surface area contributed by atoms with E-state index in [4.69, 9.17) is 0 Å². The summed E-state index contributed by atoms with van der Waals surface area (Å²) in [6.07, 6.45) is 0. The van der Waals surface area contributed by atoms with Gasteiger partial charge in [0, 0.05) is 12.2 Å². The Bertz CT molecular complexity index is 756. The molecule has 19 heavy (non-hydrogen) atoms. The molecule has 0 fully saturated rings. The second kappa shape index (κ2) is 4.65. The molecule has 0 spiro atoms. The van der Waals surface area contributed by atoms with Crippen molar-refractivity contribution in [3.63, 3.8) is 0 Å². The second-order valence-electron chi connectivity index (χ2n) is 4.63. The number of rotatable bonds is 3. The third kappa shape index (κ3) is 2.38. The van der Waals surface area contributed by atoms with E-state index in [1.54, 1.807) is 0 Å². The third-order valence-electron chi connectivity index (χ3n) is 3.19. The van der Waals surface area contributed by atoms with Gasteiger partial charge in [0.1, 0.15) is 0 Å². The Morgan fingerprint density at radius 1 is 1.05 bits per heavy atom. The first-order valence-corrected chi connectivity index (χ1v) is 6.23. The maximum Gasteiger partial charge on any atom is 0.323 e. The number of H-pyrrole nitrogens is 2. The molecular weight excluding hydrogens is 238 g/mol. The average molecular weight is 253 g/mol. The van der Waals surface area contributed by atoms with Gasteiger partial charge in [-0.1, -0.05) is 30.3 Å². The molecule has 4 nitrogen and oxygen atoms in total. The van der Waals surface area contributed by atoms with Gasteiger partial charge in [0.2, 0.25) is 0 Å². The zero-order valence-corrected chi connectivity index (χ0v) is 10.7. The van der Waals surface area contributed by atoms with Gasteiger partial charge in [-0.15, -0.1) is 0 Å². The molecule has 0 bridgehead atoms. The molecule has 1 aromatic heterocycles. The highest BCUT2D eigenvalue weighted by molar-refractivity contribution is 5.80. The Labute approximate surface area is 110 Å². The van der Waals surface area contributed by atoms with Gasteiger partial charge in [-0.05, 0) is 30.2 Å². The maximum absolute atomic E-state index is 11.3. The van der Waals surface area contributed by atoms with Crippen LogP contribution in [0.15, 0.2) is 47.3 Å². The topological polar surface area (TPSA) is 60.7 Å². The number of aromatic nitrogens is 2. The minimum Gasteiger partial charge on any atom is -0.381 e. The predicted molar refractivity (Wildman–Crippen MR) is 77.4 cm³/mol. The summed E-state index contributed by atoms with van der Waals surface area (Å²) in [5.74, 6) is 0. The molecule has 0 aliphatic heterocycles. The number of nitrogens with one attached hydrogen (secondary N) is 3. The number of fused-ring (bicyclic) bond motifs is 1. The highest BCUT2D eigenvalue weighted by Gasteiger charge is 2.04. The lowest BCUT2D eigenvalue weighted by atomic mass is 10.1. The fourth-order valence-corrected chi connectivity index (χ4v) is 2.17. The van der Waals surface area contributed by atoms with E-state index in [0.717, 1.165) is 28.8 Å². The lowest BCUT2D eigenvalue weighted by molar-refractivity contribution is 1.14. The van der Waals surface area contributed by atoms with Crippen LogP contribution in [0.25, 0.3) is 11.0 Å². The van der Waals surface area contributed by atoms with Crippen LogP contribution in [0.2, 0.25) is 0 Å². The molecular formula is C15H15N3O. The van der Waals surface area contributed by atoms with Gasteiger partial charge in [0.25, 0.3) is 0 Å². The van der Waals surface area contributed by atoms with Crippen molar-refractivity contribution in [2.75, 3.05) is 5.32 Å². The molecule has 0 amide bonds.